The van der Waals surface area contributed by atoms with Crippen LogP contribution in [0.1, 0.15) is 31.0 Å². The quantitative estimate of drug-likeness (QED) is 0.808. The minimum Gasteiger partial charge on any atom is -0.323 e. The molecule has 1 aromatic rings. The van der Waals surface area contributed by atoms with Gasteiger partial charge in [-0.1, -0.05) is 12.8 Å². The number of hydrogen-bond acceptors (Lipinski definition) is 2. The lowest BCUT2D eigenvalue weighted by molar-refractivity contribution is 0.510. The first-order valence-electron chi connectivity index (χ1n) is 4.73. The van der Waals surface area contributed by atoms with Crippen LogP contribution in [0.25, 0.3) is 0 Å². The molecule has 1 saturated carbocycles. The van der Waals surface area contributed by atoms with Crippen molar-refractivity contribution in [2.24, 2.45) is 11.7 Å². The average molecular weight is 198 g/mol. The molecule has 1 aliphatic rings. The second-order valence-corrected chi connectivity index (χ2v) is 3.81. The van der Waals surface area contributed by atoms with Gasteiger partial charge in [0, 0.05) is 6.07 Å². The first-order chi connectivity index (χ1) is 6.66. The molecule has 0 radical (unpaired) electrons. The summed E-state index contributed by atoms with van der Waals surface area (Å²) in [5, 5.41) is 0. The van der Waals surface area contributed by atoms with Crippen LogP contribution < -0.4 is 5.73 Å². The van der Waals surface area contributed by atoms with Crippen LogP contribution in [0.2, 0.25) is 0 Å². The van der Waals surface area contributed by atoms with Crippen molar-refractivity contribution in [1.82, 2.24) is 4.98 Å². The fraction of sp³-hybridized carbons (Fsp3) is 0.500. The Kier molecular flexibility index (Phi) is 2.46. The molecule has 1 aromatic heterocycles. The van der Waals surface area contributed by atoms with Gasteiger partial charge in [-0.2, -0.15) is 0 Å². The van der Waals surface area contributed by atoms with Crippen LogP contribution in [0.15, 0.2) is 12.3 Å². The molecular weight excluding hydrogens is 186 g/mol. The van der Waals surface area contributed by atoms with Gasteiger partial charge in [0.2, 0.25) is 0 Å². The minimum absolute atomic E-state index is 0.179. The zero-order chi connectivity index (χ0) is 10.1. The SMILES string of the molecule is N[C@@H](CC1CC1)c1ncc(F)cc1F. The zero-order valence-electron chi connectivity index (χ0n) is 7.71. The molecule has 76 valence electrons. The molecule has 1 aliphatic carbocycles. The van der Waals surface area contributed by atoms with Crippen LogP contribution in [0, 0.1) is 17.6 Å². The van der Waals surface area contributed by atoms with E-state index in [4.69, 9.17) is 5.73 Å². The zero-order valence-corrected chi connectivity index (χ0v) is 7.71. The van der Waals surface area contributed by atoms with Crippen molar-refractivity contribution in [2.45, 2.75) is 25.3 Å². The van der Waals surface area contributed by atoms with Crippen molar-refractivity contribution in [3.05, 3.63) is 29.6 Å². The van der Waals surface area contributed by atoms with Crippen molar-refractivity contribution in [3.8, 4) is 0 Å². The molecule has 2 nitrogen and oxygen atoms in total. The van der Waals surface area contributed by atoms with Crippen LogP contribution in [-0.4, -0.2) is 4.98 Å². The molecular formula is C10H12F2N2. The van der Waals surface area contributed by atoms with Crippen LogP contribution >= 0.6 is 0 Å². The maximum absolute atomic E-state index is 13.2. The van der Waals surface area contributed by atoms with Crippen LogP contribution in [0.4, 0.5) is 8.78 Å². The number of pyridine rings is 1. The molecule has 2 rings (SSSR count). The minimum atomic E-state index is -0.662. The van der Waals surface area contributed by atoms with E-state index in [1.165, 1.54) is 0 Å². The van der Waals surface area contributed by atoms with Crippen LogP contribution in [-0.2, 0) is 0 Å². The molecule has 2 N–H and O–H groups in total. The summed E-state index contributed by atoms with van der Waals surface area (Å²) in [5.74, 6) is -0.695. The summed E-state index contributed by atoms with van der Waals surface area (Å²) >= 11 is 0. The summed E-state index contributed by atoms with van der Waals surface area (Å²) in [6.07, 6.45) is 4.08. The predicted molar refractivity (Wildman–Crippen MR) is 48.4 cm³/mol. The number of aromatic nitrogens is 1. The molecule has 1 heterocycles. The number of nitrogens with two attached hydrogens (primary N) is 1. The summed E-state index contributed by atoms with van der Waals surface area (Å²) in [6.45, 7) is 0. The largest absolute Gasteiger partial charge is 0.323 e. The van der Waals surface area contributed by atoms with Crippen molar-refractivity contribution in [1.29, 1.82) is 0 Å². The van der Waals surface area contributed by atoms with Gasteiger partial charge >= 0.3 is 0 Å². The fourth-order valence-electron chi connectivity index (χ4n) is 1.52. The molecule has 0 amide bonds. The first-order valence-corrected chi connectivity index (χ1v) is 4.73. The van der Waals surface area contributed by atoms with Crippen LogP contribution in [0.3, 0.4) is 0 Å². The lowest BCUT2D eigenvalue weighted by Gasteiger charge is -2.10. The van der Waals surface area contributed by atoms with Gasteiger partial charge in [0.25, 0.3) is 0 Å². The van der Waals surface area contributed by atoms with Gasteiger partial charge < -0.3 is 5.73 Å². The van der Waals surface area contributed by atoms with E-state index in [0.717, 1.165) is 31.5 Å². The van der Waals surface area contributed by atoms with Gasteiger partial charge in [-0.25, -0.2) is 8.78 Å². The normalized spacial score (nSPS) is 18.2. The smallest absolute Gasteiger partial charge is 0.149 e. The van der Waals surface area contributed by atoms with E-state index >= 15 is 0 Å². The Morgan fingerprint density at radius 3 is 2.79 bits per heavy atom. The third kappa shape index (κ3) is 2.07. The van der Waals surface area contributed by atoms with E-state index in [-0.39, 0.29) is 5.69 Å². The van der Waals surface area contributed by atoms with E-state index in [1.807, 2.05) is 0 Å². The van der Waals surface area contributed by atoms with Crippen LogP contribution in [0.5, 0.6) is 0 Å². The van der Waals surface area contributed by atoms with Gasteiger partial charge in [-0.3, -0.25) is 4.98 Å². The van der Waals surface area contributed by atoms with Crippen molar-refractivity contribution >= 4 is 0 Å². The van der Waals surface area contributed by atoms with E-state index in [1.54, 1.807) is 0 Å². The van der Waals surface area contributed by atoms with Crippen molar-refractivity contribution in [3.63, 3.8) is 0 Å². The highest BCUT2D eigenvalue weighted by Crippen LogP contribution is 2.36. The van der Waals surface area contributed by atoms with E-state index in [0.29, 0.717) is 5.92 Å². The summed E-state index contributed by atoms with van der Waals surface area (Å²) in [6, 6.07) is 0.429. The number of hydrogen-bond donors (Lipinski definition) is 1. The second-order valence-electron chi connectivity index (χ2n) is 3.81. The lowest BCUT2D eigenvalue weighted by Crippen LogP contribution is -2.15. The highest BCUT2D eigenvalue weighted by atomic mass is 19.1. The number of nitrogens with zero attached hydrogens (tertiary/aromatic N) is 1. The topological polar surface area (TPSA) is 38.9 Å². The Hall–Kier alpha value is -1.03. The Morgan fingerprint density at radius 2 is 2.21 bits per heavy atom. The molecule has 0 spiro atoms. The lowest BCUT2D eigenvalue weighted by atomic mass is 10.1. The van der Waals surface area contributed by atoms with Gasteiger partial charge in [0.15, 0.2) is 0 Å². The summed E-state index contributed by atoms with van der Waals surface area (Å²) in [4.78, 5) is 3.68. The Morgan fingerprint density at radius 1 is 1.50 bits per heavy atom. The molecule has 0 aromatic carbocycles. The Bertz CT molecular complexity index is 337. The maximum Gasteiger partial charge on any atom is 0.149 e. The average Bonchev–Trinajstić information content (AvgIpc) is 2.87. The monoisotopic (exact) mass is 198 g/mol. The van der Waals surface area contributed by atoms with Gasteiger partial charge in [0.05, 0.1) is 17.9 Å². The molecule has 0 aliphatic heterocycles. The standard InChI is InChI=1S/C10H12F2N2/c11-7-4-8(12)10(14-5-7)9(13)3-6-1-2-6/h4-6,9H,1-3,13H2/t9-/m0/s1. The molecule has 4 heteroatoms. The molecule has 14 heavy (non-hydrogen) atoms. The number of halogens is 2. The Labute approximate surface area is 81.1 Å². The summed E-state index contributed by atoms with van der Waals surface area (Å²) < 4.78 is 25.7. The highest BCUT2D eigenvalue weighted by molar-refractivity contribution is 5.12. The van der Waals surface area contributed by atoms with Gasteiger partial charge in [-0.05, 0) is 12.3 Å². The third-order valence-corrected chi connectivity index (χ3v) is 2.47. The van der Waals surface area contributed by atoms with Gasteiger partial charge in [-0.15, -0.1) is 0 Å². The first kappa shape index (κ1) is 9.52. The number of rotatable bonds is 3. The van der Waals surface area contributed by atoms with Gasteiger partial charge in [0.1, 0.15) is 11.6 Å². The molecule has 1 fully saturated rings. The fourth-order valence-corrected chi connectivity index (χ4v) is 1.52. The van der Waals surface area contributed by atoms with Crippen molar-refractivity contribution < 1.29 is 8.78 Å². The Balaban J connectivity index is 2.13. The summed E-state index contributed by atoms with van der Waals surface area (Å²) in [7, 11) is 0. The predicted octanol–water partition coefficient (Wildman–Crippen LogP) is 2.16. The maximum atomic E-state index is 13.2. The molecule has 0 unspecified atom stereocenters. The molecule has 1 atom stereocenters. The molecule has 0 bridgehead atoms. The van der Waals surface area contributed by atoms with E-state index < -0.39 is 17.7 Å². The second kappa shape index (κ2) is 3.61. The van der Waals surface area contributed by atoms with E-state index in [9.17, 15) is 8.78 Å². The van der Waals surface area contributed by atoms with Crippen molar-refractivity contribution in [2.75, 3.05) is 0 Å². The third-order valence-electron chi connectivity index (χ3n) is 2.47. The molecule has 0 saturated heterocycles. The summed E-state index contributed by atoms with van der Waals surface area (Å²) in [5.41, 5.74) is 5.94. The van der Waals surface area contributed by atoms with E-state index in [2.05, 4.69) is 4.98 Å². The highest BCUT2D eigenvalue weighted by Gasteiger charge is 2.26.